The number of para-hydroxylation sites is 1. The predicted octanol–water partition coefficient (Wildman–Crippen LogP) is 5.89. The highest BCUT2D eigenvalue weighted by Gasteiger charge is 2.28. The summed E-state index contributed by atoms with van der Waals surface area (Å²) in [4.78, 5) is 20.8. The van der Waals surface area contributed by atoms with E-state index in [0.717, 1.165) is 29.4 Å². The van der Waals surface area contributed by atoms with E-state index in [2.05, 4.69) is 53.5 Å². The van der Waals surface area contributed by atoms with Gasteiger partial charge in [0.1, 0.15) is 17.5 Å². The smallest absolute Gasteiger partial charge is 0.230 e. The van der Waals surface area contributed by atoms with E-state index in [1.807, 2.05) is 12.1 Å². The maximum Gasteiger partial charge on any atom is 0.230 e. The van der Waals surface area contributed by atoms with Crippen LogP contribution in [0.25, 0.3) is 11.4 Å². The number of anilines is 1. The summed E-state index contributed by atoms with van der Waals surface area (Å²) < 4.78 is 27.8. The van der Waals surface area contributed by atoms with Crippen molar-refractivity contribution in [2.45, 2.75) is 46.3 Å². The third-order valence-corrected chi connectivity index (χ3v) is 6.55. The van der Waals surface area contributed by atoms with Crippen LogP contribution in [-0.4, -0.2) is 33.6 Å². The largest absolute Gasteiger partial charge is 0.391 e. The molecule has 40 heavy (non-hydrogen) atoms. The van der Waals surface area contributed by atoms with Crippen LogP contribution >= 0.6 is 0 Å². The van der Waals surface area contributed by atoms with Gasteiger partial charge in [0.15, 0.2) is 0 Å². The number of aromatic amines is 1. The van der Waals surface area contributed by atoms with Gasteiger partial charge in [-0.15, -0.1) is 0 Å². The van der Waals surface area contributed by atoms with Crippen LogP contribution in [0.15, 0.2) is 79.1 Å². The number of halogens is 2. The zero-order valence-corrected chi connectivity index (χ0v) is 23.0. The Labute approximate surface area is 233 Å². The molecule has 1 amide bonds. The Bertz CT molecular complexity index is 1380. The molecule has 0 aliphatic carbocycles. The number of nitrogens with zero attached hydrogens (tertiary/aromatic N) is 1. The molecule has 0 bridgehead atoms. The molecule has 0 fully saturated rings. The molecule has 0 aliphatic rings. The number of carbonyl (C=O) groups is 1. The molecule has 2 unspecified atom stereocenters. The number of hydrogen-bond donors (Lipinski definition) is 4. The summed E-state index contributed by atoms with van der Waals surface area (Å²) in [6.07, 6.45) is 3.21. The number of hydrogen-bond acceptors (Lipinski definition) is 4. The van der Waals surface area contributed by atoms with E-state index in [0.29, 0.717) is 17.8 Å². The minimum atomic E-state index is -1.13. The number of carbonyl (C=O) groups excluding carboxylic acids is 1. The molecule has 8 heteroatoms. The van der Waals surface area contributed by atoms with Crippen molar-refractivity contribution in [1.82, 2.24) is 15.3 Å². The van der Waals surface area contributed by atoms with E-state index in [4.69, 9.17) is 0 Å². The molecule has 1 heterocycles. The zero-order chi connectivity index (χ0) is 28.7. The van der Waals surface area contributed by atoms with Crippen molar-refractivity contribution in [2.24, 2.45) is 11.3 Å². The first-order valence-corrected chi connectivity index (χ1v) is 13.4. The molecule has 1 aromatic heterocycles. The van der Waals surface area contributed by atoms with Crippen LogP contribution in [-0.2, 0) is 24.2 Å². The molecule has 0 radical (unpaired) electrons. The first-order chi connectivity index (χ1) is 19.1. The normalized spacial score (nSPS) is 13.2. The monoisotopic (exact) mass is 546 g/mol. The number of rotatable bonds is 11. The summed E-state index contributed by atoms with van der Waals surface area (Å²) in [5.41, 5.74) is 4.11. The molecule has 4 aromatic rings. The van der Waals surface area contributed by atoms with Crippen molar-refractivity contribution >= 4 is 11.6 Å². The van der Waals surface area contributed by atoms with Gasteiger partial charge in [-0.05, 0) is 59.2 Å². The average molecular weight is 547 g/mol. The van der Waals surface area contributed by atoms with Gasteiger partial charge in [-0.1, -0.05) is 57.2 Å². The Kier molecular flexibility index (Phi) is 9.45. The number of amides is 1. The first-order valence-electron chi connectivity index (χ1n) is 13.4. The van der Waals surface area contributed by atoms with Crippen LogP contribution in [0.3, 0.4) is 0 Å². The number of imidazole rings is 1. The van der Waals surface area contributed by atoms with Crippen LogP contribution in [0.2, 0.25) is 0 Å². The second-order valence-electron chi connectivity index (χ2n) is 11.3. The molecule has 4 rings (SSSR count). The lowest BCUT2D eigenvalue weighted by Gasteiger charge is -2.24. The molecule has 0 spiro atoms. The second-order valence-corrected chi connectivity index (χ2v) is 11.3. The van der Waals surface area contributed by atoms with Crippen molar-refractivity contribution in [3.05, 3.63) is 107 Å². The van der Waals surface area contributed by atoms with Crippen molar-refractivity contribution in [2.75, 3.05) is 11.9 Å². The molecular weight excluding hydrogens is 510 g/mol. The number of aliphatic hydroxyl groups excluding tert-OH is 1. The highest BCUT2D eigenvalue weighted by molar-refractivity contribution is 5.93. The van der Waals surface area contributed by atoms with Gasteiger partial charge in [0.25, 0.3) is 0 Å². The van der Waals surface area contributed by atoms with E-state index in [1.165, 1.54) is 17.7 Å². The fraction of sp³-hybridized carbons (Fsp3) is 0.312. The molecule has 0 aliphatic heterocycles. The Balaban J connectivity index is 1.51. The topological polar surface area (TPSA) is 90.0 Å². The summed E-state index contributed by atoms with van der Waals surface area (Å²) >= 11 is 0. The van der Waals surface area contributed by atoms with Gasteiger partial charge in [-0.2, -0.15) is 0 Å². The molecular formula is C32H36F2N4O2. The third kappa shape index (κ3) is 8.31. The fourth-order valence-corrected chi connectivity index (χ4v) is 4.80. The summed E-state index contributed by atoms with van der Waals surface area (Å²) in [6, 6.07) is 18.3. The van der Waals surface area contributed by atoms with Crippen LogP contribution < -0.4 is 10.6 Å². The minimum absolute atomic E-state index is 0.0328. The van der Waals surface area contributed by atoms with Gasteiger partial charge >= 0.3 is 0 Å². The summed E-state index contributed by atoms with van der Waals surface area (Å²) in [5, 5.41) is 17.3. The van der Waals surface area contributed by atoms with Crippen molar-refractivity contribution in [3.63, 3.8) is 0 Å². The second kappa shape index (κ2) is 13.0. The minimum Gasteiger partial charge on any atom is -0.391 e. The average Bonchev–Trinajstić information content (AvgIpc) is 3.41. The number of H-pyrrole nitrogens is 1. The van der Waals surface area contributed by atoms with Crippen molar-refractivity contribution < 1.29 is 18.7 Å². The van der Waals surface area contributed by atoms with Gasteiger partial charge < -0.3 is 20.7 Å². The number of nitrogens with one attached hydrogen (secondary N) is 3. The molecule has 210 valence electrons. The van der Waals surface area contributed by atoms with E-state index in [1.54, 1.807) is 36.7 Å². The molecule has 4 N–H and O–H groups in total. The van der Waals surface area contributed by atoms with Crippen molar-refractivity contribution in [1.29, 1.82) is 0 Å². The van der Waals surface area contributed by atoms with Gasteiger partial charge in [0.05, 0.1) is 12.0 Å². The van der Waals surface area contributed by atoms with Crippen LogP contribution in [0.4, 0.5) is 14.5 Å². The molecule has 0 saturated carbocycles. The lowest BCUT2D eigenvalue weighted by Crippen LogP contribution is -2.40. The Morgan fingerprint density at radius 1 is 1.00 bits per heavy atom. The SMILES string of the molecule is CC(C)(C)Cc1ccc(-c2ncc[nH]2)c(CNCC(O)C(Cc2cc(F)cc(F)c2)C(=O)Nc2ccccc2)c1. The predicted molar refractivity (Wildman–Crippen MR) is 154 cm³/mol. The molecule has 3 aromatic carbocycles. The fourth-order valence-electron chi connectivity index (χ4n) is 4.80. The van der Waals surface area contributed by atoms with Crippen LogP contribution in [0.5, 0.6) is 0 Å². The lowest BCUT2D eigenvalue weighted by atomic mass is 9.87. The standard InChI is InChI=1S/C32H36F2N4O2/c1-32(2,3)18-21-9-10-27(30-36-11-12-37-30)23(13-21)19-35-20-29(39)28(16-22-14-24(33)17-25(34)15-22)31(40)38-26-7-5-4-6-8-26/h4-15,17,28-29,35,39H,16,18-20H2,1-3H3,(H,36,37)(H,38,40). The molecule has 6 nitrogen and oxygen atoms in total. The number of aromatic nitrogens is 2. The highest BCUT2D eigenvalue weighted by Crippen LogP contribution is 2.26. The van der Waals surface area contributed by atoms with Gasteiger partial charge in [0, 0.05) is 42.8 Å². The zero-order valence-electron chi connectivity index (χ0n) is 23.0. The van der Waals surface area contributed by atoms with Gasteiger partial charge in [-0.3, -0.25) is 4.79 Å². The van der Waals surface area contributed by atoms with Crippen molar-refractivity contribution in [3.8, 4) is 11.4 Å². The number of benzene rings is 3. The van der Waals surface area contributed by atoms with Crippen LogP contribution in [0, 0.1) is 23.0 Å². The molecule has 2 atom stereocenters. The van der Waals surface area contributed by atoms with Gasteiger partial charge in [0.2, 0.25) is 5.91 Å². The Hall–Kier alpha value is -3.88. The maximum absolute atomic E-state index is 13.9. The summed E-state index contributed by atoms with van der Waals surface area (Å²) in [5.74, 6) is -2.11. The van der Waals surface area contributed by atoms with E-state index < -0.39 is 29.6 Å². The lowest BCUT2D eigenvalue weighted by molar-refractivity contribution is -0.123. The van der Waals surface area contributed by atoms with E-state index in [9.17, 15) is 18.7 Å². The molecule has 0 saturated heterocycles. The first kappa shape index (κ1) is 29.1. The Morgan fingerprint density at radius 2 is 1.73 bits per heavy atom. The summed E-state index contributed by atoms with van der Waals surface area (Å²) in [6.45, 7) is 7.07. The number of aliphatic hydroxyl groups is 1. The van der Waals surface area contributed by atoms with E-state index in [-0.39, 0.29) is 18.4 Å². The van der Waals surface area contributed by atoms with Gasteiger partial charge in [-0.25, -0.2) is 13.8 Å². The Morgan fingerprint density at radius 3 is 2.38 bits per heavy atom. The van der Waals surface area contributed by atoms with Crippen LogP contribution in [0.1, 0.15) is 37.5 Å². The third-order valence-electron chi connectivity index (χ3n) is 6.55. The summed E-state index contributed by atoms with van der Waals surface area (Å²) in [7, 11) is 0. The maximum atomic E-state index is 13.9. The highest BCUT2D eigenvalue weighted by atomic mass is 19.1. The quantitative estimate of drug-likeness (QED) is 0.189. The van der Waals surface area contributed by atoms with E-state index >= 15 is 0 Å².